The minimum absolute atomic E-state index is 0.292. The van der Waals surface area contributed by atoms with Crippen molar-refractivity contribution in [3.8, 4) is 11.4 Å². The number of halogens is 1. The molecule has 3 rings (SSSR count). The maximum absolute atomic E-state index is 12.9. The maximum Gasteiger partial charge on any atom is 0.237 e. The molecule has 0 aliphatic rings. The predicted octanol–water partition coefficient (Wildman–Crippen LogP) is 3.75. The lowest BCUT2D eigenvalue weighted by Crippen LogP contribution is -1.85. The van der Waals surface area contributed by atoms with E-state index in [0.717, 1.165) is 16.1 Å². The van der Waals surface area contributed by atoms with Gasteiger partial charge in [0.05, 0.1) is 5.75 Å². The summed E-state index contributed by atoms with van der Waals surface area (Å²) >= 11 is 1.56. The number of hydrogen-bond donors (Lipinski definition) is 1. The molecule has 6 heteroatoms. The smallest absolute Gasteiger partial charge is 0.237 e. The number of thioether (sulfide) groups is 1. The van der Waals surface area contributed by atoms with Crippen LogP contribution in [-0.2, 0) is 5.75 Å². The molecule has 4 nitrogen and oxygen atoms in total. The predicted molar refractivity (Wildman–Crippen MR) is 80.1 cm³/mol. The van der Waals surface area contributed by atoms with Crippen LogP contribution in [0.1, 0.15) is 5.89 Å². The third-order valence-electron chi connectivity index (χ3n) is 2.79. The molecule has 0 amide bonds. The molecule has 0 unspecified atom stereocenters. The van der Waals surface area contributed by atoms with Crippen LogP contribution in [-0.4, -0.2) is 10.1 Å². The Morgan fingerprint density at radius 2 is 1.95 bits per heavy atom. The molecule has 0 bridgehead atoms. The van der Waals surface area contributed by atoms with Crippen molar-refractivity contribution in [2.45, 2.75) is 10.6 Å². The van der Waals surface area contributed by atoms with Crippen LogP contribution in [0.2, 0.25) is 0 Å². The first kappa shape index (κ1) is 13.6. The van der Waals surface area contributed by atoms with Gasteiger partial charge in [0.15, 0.2) is 0 Å². The number of hydrogen-bond acceptors (Lipinski definition) is 5. The maximum atomic E-state index is 12.9. The fraction of sp³-hybridized carbons (Fsp3) is 0.0667. The number of anilines is 1. The number of nitrogens with two attached hydrogens (primary N) is 1. The van der Waals surface area contributed by atoms with E-state index in [1.807, 2.05) is 24.3 Å². The molecule has 0 saturated heterocycles. The normalized spacial score (nSPS) is 10.7. The van der Waals surface area contributed by atoms with Gasteiger partial charge in [-0.25, -0.2) is 4.39 Å². The number of nitrogen functional groups attached to an aromatic ring is 1. The average molecular weight is 301 g/mol. The lowest BCUT2D eigenvalue weighted by molar-refractivity contribution is 0.391. The van der Waals surface area contributed by atoms with E-state index in [0.29, 0.717) is 17.5 Å². The Morgan fingerprint density at radius 3 is 2.71 bits per heavy atom. The largest absolute Gasteiger partial charge is 0.399 e. The molecule has 0 aliphatic heterocycles. The van der Waals surface area contributed by atoms with Gasteiger partial charge in [0.25, 0.3) is 0 Å². The van der Waals surface area contributed by atoms with Crippen molar-refractivity contribution in [1.29, 1.82) is 0 Å². The lowest BCUT2D eigenvalue weighted by Gasteiger charge is -1.99. The highest BCUT2D eigenvalue weighted by Gasteiger charge is 2.09. The number of benzene rings is 2. The van der Waals surface area contributed by atoms with Crippen LogP contribution in [0.25, 0.3) is 11.4 Å². The fourth-order valence-electron chi connectivity index (χ4n) is 1.78. The fourth-order valence-corrected chi connectivity index (χ4v) is 2.58. The Balaban J connectivity index is 1.69. The molecule has 106 valence electrons. The van der Waals surface area contributed by atoms with Crippen molar-refractivity contribution in [2.75, 3.05) is 5.73 Å². The molecule has 2 aromatic carbocycles. The first-order chi connectivity index (χ1) is 10.2. The summed E-state index contributed by atoms with van der Waals surface area (Å²) in [5.41, 5.74) is 7.17. The van der Waals surface area contributed by atoms with Crippen molar-refractivity contribution >= 4 is 17.4 Å². The second-order valence-electron chi connectivity index (χ2n) is 4.38. The highest BCUT2D eigenvalue weighted by atomic mass is 32.2. The molecule has 2 N–H and O–H groups in total. The van der Waals surface area contributed by atoms with E-state index in [1.165, 1.54) is 12.1 Å². The SMILES string of the molecule is Nc1cccc(SCc2nc(-c3ccc(F)cc3)no2)c1. The Morgan fingerprint density at radius 1 is 1.14 bits per heavy atom. The molecule has 0 atom stereocenters. The summed E-state index contributed by atoms with van der Waals surface area (Å²) in [7, 11) is 0. The molecule has 0 fully saturated rings. The van der Waals surface area contributed by atoms with Crippen LogP contribution < -0.4 is 5.73 Å². The summed E-state index contributed by atoms with van der Waals surface area (Å²) in [6.45, 7) is 0. The number of aromatic nitrogens is 2. The van der Waals surface area contributed by atoms with Crippen LogP contribution >= 0.6 is 11.8 Å². The molecule has 1 aromatic heterocycles. The third-order valence-corrected chi connectivity index (χ3v) is 3.77. The minimum atomic E-state index is -0.292. The first-order valence-electron chi connectivity index (χ1n) is 6.27. The van der Waals surface area contributed by atoms with Crippen molar-refractivity contribution in [2.24, 2.45) is 0 Å². The summed E-state index contributed by atoms with van der Waals surface area (Å²) < 4.78 is 18.1. The number of nitrogens with zero attached hydrogens (tertiary/aromatic N) is 2. The zero-order valence-corrected chi connectivity index (χ0v) is 11.8. The molecular weight excluding hydrogens is 289 g/mol. The van der Waals surface area contributed by atoms with Gasteiger partial charge in [0, 0.05) is 16.1 Å². The molecular formula is C15H12FN3OS. The Hall–Kier alpha value is -2.34. The first-order valence-corrected chi connectivity index (χ1v) is 7.26. The highest BCUT2D eigenvalue weighted by Crippen LogP contribution is 2.25. The monoisotopic (exact) mass is 301 g/mol. The van der Waals surface area contributed by atoms with Gasteiger partial charge in [-0.1, -0.05) is 11.2 Å². The summed E-state index contributed by atoms with van der Waals surface area (Å²) in [6.07, 6.45) is 0. The van der Waals surface area contributed by atoms with Crippen LogP contribution in [0.3, 0.4) is 0 Å². The van der Waals surface area contributed by atoms with E-state index in [2.05, 4.69) is 10.1 Å². The van der Waals surface area contributed by atoms with Crippen LogP contribution in [0.4, 0.5) is 10.1 Å². The summed E-state index contributed by atoms with van der Waals surface area (Å²) in [4.78, 5) is 5.33. The molecule has 21 heavy (non-hydrogen) atoms. The van der Waals surface area contributed by atoms with Crippen molar-refractivity contribution in [3.63, 3.8) is 0 Å². The van der Waals surface area contributed by atoms with Crippen LogP contribution in [0.5, 0.6) is 0 Å². The molecule has 0 aliphatic carbocycles. The van der Waals surface area contributed by atoms with Crippen LogP contribution in [0.15, 0.2) is 57.9 Å². The quantitative estimate of drug-likeness (QED) is 0.587. The Kier molecular flexibility index (Phi) is 3.87. The second-order valence-corrected chi connectivity index (χ2v) is 5.43. The zero-order chi connectivity index (χ0) is 14.7. The minimum Gasteiger partial charge on any atom is -0.399 e. The molecule has 1 heterocycles. The number of rotatable bonds is 4. The average Bonchev–Trinajstić information content (AvgIpc) is 2.95. The molecule has 0 radical (unpaired) electrons. The van der Waals surface area contributed by atoms with Crippen LogP contribution in [0, 0.1) is 5.82 Å². The van der Waals surface area contributed by atoms with Gasteiger partial charge in [-0.05, 0) is 42.5 Å². The van der Waals surface area contributed by atoms with Crippen molar-refractivity contribution in [1.82, 2.24) is 10.1 Å². The van der Waals surface area contributed by atoms with Crippen molar-refractivity contribution in [3.05, 3.63) is 60.2 Å². The zero-order valence-electron chi connectivity index (χ0n) is 11.0. The third kappa shape index (κ3) is 3.41. The van der Waals surface area contributed by atoms with E-state index in [-0.39, 0.29) is 5.82 Å². The Bertz CT molecular complexity index is 743. The van der Waals surface area contributed by atoms with Gasteiger partial charge < -0.3 is 10.3 Å². The van der Waals surface area contributed by atoms with E-state index in [4.69, 9.17) is 10.3 Å². The molecule has 0 spiro atoms. The van der Waals surface area contributed by atoms with E-state index >= 15 is 0 Å². The standard InChI is InChI=1S/C15H12FN3OS/c16-11-6-4-10(5-7-11)15-18-14(20-19-15)9-21-13-3-1-2-12(17)8-13/h1-8H,9,17H2. The van der Waals surface area contributed by atoms with Gasteiger partial charge in [-0.15, -0.1) is 11.8 Å². The van der Waals surface area contributed by atoms with E-state index < -0.39 is 0 Å². The van der Waals surface area contributed by atoms with Crippen molar-refractivity contribution < 1.29 is 8.91 Å². The summed E-state index contributed by atoms with van der Waals surface area (Å²) in [6, 6.07) is 13.6. The summed E-state index contributed by atoms with van der Waals surface area (Å²) in [5.74, 6) is 1.23. The van der Waals surface area contributed by atoms with Gasteiger partial charge >= 0.3 is 0 Å². The topological polar surface area (TPSA) is 64.9 Å². The summed E-state index contributed by atoms with van der Waals surface area (Å²) in [5, 5.41) is 3.90. The van der Waals surface area contributed by atoms with Gasteiger partial charge in [-0.3, -0.25) is 0 Å². The van der Waals surface area contributed by atoms with Gasteiger partial charge in [0.2, 0.25) is 11.7 Å². The van der Waals surface area contributed by atoms with E-state index in [9.17, 15) is 4.39 Å². The second kappa shape index (κ2) is 5.97. The van der Waals surface area contributed by atoms with Gasteiger partial charge in [-0.2, -0.15) is 4.98 Å². The highest BCUT2D eigenvalue weighted by molar-refractivity contribution is 7.98. The molecule has 0 saturated carbocycles. The molecule has 3 aromatic rings. The Labute approximate surface area is 125 Å². The van der Waals surface area contributed by atoms with E-state index in [1.54, 1.807) is 23.9 Å². The van der Waals surface area contributed by atoms with Gasteiger partial charge in [0.1, 0.15) is 5.82 Å². The lowest BCUT2D eigenvalue weighted by atomic mass is 10.2.